The molecule has 4 aliphatic rings. The summed E-state index contributed by atoms with van der Waals surface area (Å²) >= 11 is 1.51. The minimum atomic E-state index is -3.87. The van der Waals surface area contributed by atoms with Gasteiger partial charge >= 0.3 is 6.01 Å². The maximum Gasteiger partial charge on any atom is 0.317 e. The van der Waals surface area contributed by atoms with Gasteiger partial charge in [0.1, 0.15) is 23.7 Å². The van der Waals surface area contributed by atoms with Crippen LogP contribution in [0.15, 0.2) is 42.4 Å². The van der Waals surface area contributed by atoms with Gasteiger partial charge in [0.25, 0.3) is 5.91 Å². The summed E-state index contributed by atoms with van der Waals surface area (Å²) in [4.78, 5) is 65.8. The highest BCUT2D eigenvalue weighted by Crippen LogP contribution is 2.45. The standard InChI is InChI=1S/C33H42N6O7S2/c1-5-20-17-33(20,30(43)38-48(44,45)22-10-11-22)37-28(41)24-16-21(46-31-34-13-12-23(35-31)25-7-6-14-47-25)18-39(24)29(42)27(32(2,3)4)36-26(40)15-19-8-9-19/h5-7,12-14,19-22,24,27H,1,8-11,15-18H2,2-4H3,(H,36,40)(H,37,41)(H,38,43)/t20-,21-,24+,27-,33-/m1/s1. The summed E-state index contributed by atoms with van der Waals surface area (Å²) in [7, 11) is -3.87. The van der Waals surface area contributed by atoms with Gasteiger partial charge in [0.15, 0.2) is 0 Å². The van der Waals surface area contributed by atoms with Crippen LogP contribution in [0.2, 0.25) is 0 Å². The monoisotopic (exact) mass is 698 g/mol. The third-order valence-corrected chi connectivity index (χ3v) is 12.1. The van der Waals surface area contributed by atoms with Crippen LogP contribution in [0.25, 0.3) is 10.6 Å². The van der Waals surface area contributed by atoms with Gasteiger partial charge in [-0.2, -0.15) is 4.98 Å². The first-order valence-corrected chi connectivity index (χ1v) is 18.8. The number of thiophene rings is 1. The molecule has 5 atom stereocenters. The van der Waals surface area contributed by atoms with Crippen LogP contribution < -0.4 is 20.1 Å². The molecule has 4 fully saturated rings. The van der Waals surface area contributed by atoms with Crippen molar-refractivity contribution in [2.75, 3.05) is 6.54 Å². The van der Waals surface area contributed by atoms with Crippen molar-refractivity contribution in [1.29, 1.82) is 0 Å². The smallest absolute Gasteiger partial charge is 0.317 e. The normalized spacial score (nSPS) is 25.9. The number of nitrogens with one attached hydrogen (secondary N) is 3. The molecule has 3 aliphatic carbocycles. The second-order valence-corrected chi connectivity index (χ2v) is 17.3. The molecule has 4 amide bonds. The SMILES string of the molecule is C=C[C@@H]1C[C@]1(NC(=O)[C@@H]1C[C@@H](Oc2nccc(-c3cccs3)n2)CN1C(=O)[C@@H](NC(=O)CC1CC1)C(C)(C)C)C(=O)NS(=O)(=O)C1CC1. The molecule has 3 saturated carbocycles. The summed E-state index contributed by atoms with van der Waals surface area (Å²) in [6.45, 7) is 9.28. The molecular formula is C33H42N6O7S2. The highest BCUT2D eigenvalue weighted by molar-refractivity contribution is 7.91. The molecule has 1 saturated heterocycles. The van der Waals surface area contributed by atoms with Gasteiger partial charge in [-0.1, -0.05) is 32.9 Å². The van der Waals surface area contributed by atoms with E-state index in [2.05, 4.69) is 31.9 Å². The molecule has 2 aromatic heterocycles. The van der Waals surface area contributed by atoms with Gasteiger partial charge in [-0.25, -0.2) is 13.4 Å². The van der Waals surface area contributed by atoms with Crippen LogP contribution in [0.3, 0.4) is 0 Å². The lowest BCUT2D eigenvalue weighted by Crippen LogP contribution is -2.60. The quantitative estimate of drug-likeness (QED) is 0.266. The molecule has 15 heteroatoms. The molecule has 0 bridgehead atoms. The third-order valence-electron chi connectivity index (χ3n) is 9.37. The number of likely N-dealkylation sites (tertiary alicyclic amines) is 1. The van der Waals surface area contributed by atoms with Crippen LogP contribution in [-0.4, -0.2) is 82.4 Å². The Kier molecular flexibility index (Phi) is 9.13. The van der Waals surface area contributed by atoms with Gasteiger partial charge < -0.3 is 20.3 Å². The fourth-order valence-corrected chi connectivity index (χ4v) is 8.18. The fraction of sp³-hybridized carbons (Fsp3) is 0.576. The predicted molar refractivity (Wildman–Crippen MR) is 178 cm³/mol. The minimum absolute atomic E-state index is 0.00523. The van der Waals surface area contributed by atoms with Gasteiger partial charge in [0, 0.05) is 25.0 Å². The number of hydrogen-bond acceptors (Lipinski definition) is 10. The number of carbonyl (C=O) groups is 4. The number of ether oxygens (including phenoxy) is 1. The Morgan fingerprint density at radius 2 is 1.94 bits per heavy atom. The van der Waals surface area contributed by atoms with Crippen molar-refractivity contribution in [2.24, 2.45) is 17.3 Å². The average Bonchev–Trinajstić information content (AvgIpc) is 3.98. The Morgan fingerprint density at radius 1 is 1.19 bits per heavy atom. The number of aromatic nitrogens is 2. The Balaban J connectivity index is 1.25. The lowest BCUT2D eigenvalue weighted by atomic mass is 9.85. The van der Waals surface area contributed by atoms with Crippen molar-refractivity contribution in [3.8, 4) is 16.6 Å². The highest BCUT2D eigenvalue weighted by atomic mass is 32.2. The van der Waals surface area contributed by atoms with E-state index < -0.39 is 68.1 Å². The van der Waals surface area contributed by atoms with E-state index in [9.17, 15) is 27.6 Å². The summed E-state index contributed by atoms with van der Waals surface area (Å²) in [5.41, 5.74) is -1.55. The third kappa shape index (κ3) is 7.41. The van der Waals surface area contributed by atoms with Crippen LogP contribution in [0.1, 0.15) is 65.7 Å². The summed E-state index contributed by atoms with van der Waals surface area (Å²) < 4.78 is 33.5. The number of hydrogen-bond donors (Lipinski definition) is 3. The van der Waals surface area contributed by atoms with Crippen LogP contribution in [0, 0.1) is 17.3 Å². The zero-order valence-corrected chi connectivity index (χ0v) is 28.9. The predicted octanol–water partition coefficient (Wildman–Crippen LogP) is 2.55. The average molecular weight is 699 g/mol. The number of amides is 4. The zero-order chi connectivity index (χ0) is 34.4. The summed E-state index contributed by atoms with van der Waals surface area (Å²) in [5, 5.41) is 7.02. The number of sulfonamides is 1. The van der Waals surface area contributed by atoms with Crippen molar-refractivity contribution in [3.63, 3.8) is 0 Å². The van der Waals surface area contributed by atoms with Gasteiger partial charge in [-0.05, 0) is 60.9 Å². The van der Waals surface area contributed by atoms with E-state index >= 15 is 0 Å². The molecular weight excluding hydrogens is 657 g/mol. The van der Waals surface area contributed by atoms with Crippen LogP contribution in [-0.2, 0) is 29.2 Å². The van der Waals surface area contributed by atoms with E-state index in [0.29, 0.717) is 30.9 Å². The molecule has 2 aromatic rings. The lowest BCUT2D eigenvalue weighted by molar-refractivity contribution is -0.144. The first-order valence-electron chi connectivity index (χ1n) is 16.3. The maximum absolute atomic E-state index is 14.3. The maximum atomic E-state index is 14.3. The van der Waals surface area contributed by atoms with Crippen molar-refractivity contribution in [2.45, 2.75) is 94.7 Å². The summed E-state index contributed by atoms with van der Waals surface area (Å²) in [6, 6.07) is 3.64. The van der Waals surface area contributed by atoms with Crippen LogP contribution in [0.4, 0.5) is 0 Å². The molecule has 0 radical (unpaired) electrons. The minimum Gasteiger partial charge on any atom is -0.458 e. The van der Waals surface area contributed by atoms with Gasteiger partial charge in [0.2, 0.25) is 27.7 Å². The van der Waals surface area contributed by atoms with Gasteiger partial charge in [-0.3, -0.25) is 23.9 Å². The Labute approximate surface area is 284 Å². The molecule has 48 heavy (non-hydrogen) atoms. The van der Waals surface area contributed by atoms with E-state index in [-0.39, 0.29) is 31.3 Å². The van der Waals surface area contributed by atoms with Crippen molar-refractivity contribution < 1.29 is 32.3 Å². The first-order chi connectivity index (χ1) is 22.7. The first kappa shape index (κ1) is 34.0. The molecule has 6 rings (SSSR count). The highest BCUT2D eigenvalue weighted by Gasteiger charge is 2.62. The van der Waals surface area contributed by atoms with Crippen LogP contribution >= 0.6 is 11.3 Å². The van der Waals surface area contributed by atoms with E-state index in [1.54, 1.807) is 12.3 Å². The Bertz CT molecular complexity index is 1700. The molecule has 258 valence electrons. The van der Waals surface area contributed by atoms with Crippen molar-refractivity contribution in [3.05, 3.63) is 42.4 Å². The molecule has 0 unspecified atom stereocenters. The Morgan fingerprint density at radius 3 is 2.54 bits per heavy atom. The largest absolute Gasteiger partial charge is 0.458 e. The molecule has 3 N–H and O–H groups in total. The molecule has 13 nitrogen and oxygen atoms in total. The lowest BCUT2D eigenvalue weighted by Gasteiger charge is -2.35. The van der Waals surface area contributed by atoms with Gasteiger partial charge in [0.05, 0.1) is 22.4 Å². The summed E-state index contributed by atoms with van der Waals surface area (Å²) in [5.74, 6) is -2.33. The summed E-state index contributed by atoms with van der Waals surface area (Å²) in [6.07, 6.45) is 5.84. The second-order valence-electron chi connectivity index (χ2n) is 14.4. The van der Waals surface area contributed by atoms with E-state index in [1.165, 1.54) is 22.3 Å². The molecule has 0 aromatic carbocycles. The molecule has 3 heterocycles. The topological polar surface area (TPSA) is 177 Å². The fourth-order valence-electron chi connectivity index (χ4n) is 6.12. The molecule has 1 aliphatic heterocycles. The molecule has 0 spiro atoms. The van der Waals surface area contributed by atoms with Crippen molar-refractivity contribution in [1.82, 2.24) is 30.2 Å². The van der Waals surface area contributed by atoms with Crippen LogP contribution in [0.5, 0.6) is 6.01 Å². The van der Waals surface area contributed by atoms with E-state index in [4.69, 9.17) is 4.74 Å². The number of rotatable bonds is 13. The zero-order valence-electron chi connectivity index (χ0n) is 27.3. The second kappa shape index (κ2) is 12.9. The number of carbonyl (C=O) groups excluding carboxylic acids is 4. The number of nitrogens with zero attached hydrogens (tertiary/aromatic N) is 3. The van der Waals surface area contributed by atoms with Crippen molar-refractivity contribution >= 4 is 45.0 Å². The van der Waals surface area contributed by atoms with E-state index in [0.717, 1.165) is 17.7 Å². The van der Waals surface area contributed by atoms with Gasteiger partial charge in [-0.15, -0.1) is 17.9 Å². The Hall–Kier alpha value is -3.85. The van der Waals surface area contributed by atoms with E-state index in [1.807, 2.05) is 38.3 Å².